The maximum atomic E-state index is 3.44. The molecular formula is C11H13NS2. The van der Waals surface area contributed by atoms with E-state index in [0.717, 1.165) is 19.5 Å². The Bertz CT molecular complexity index is 301. The van der Waals surface area contributed by atoms with Gasteiger partial charge in [0, 0.05) is 11.4 Å². The molecule has 14 heavy (non-hydrogen) atoms. The van der Waals surface area contributed by atoms with Crippen LogP contribution < -0.4 is 5.32 Å². The molecule has 0 saturated heterocycles. The van der Waals surface area contributed by atoms with Crippen molar-refractivity contribution in [1.82, 2.24) is 5.32 Å². The van der Waals surface area contributed by atoms with Crippen molar-refractivity contribution in [1.29, 1.82) is 0 Å². The highest BCUT2D eigenvalue weighted by Gasteiger charge is 1.94. The lowest BCUT2D eigenvalue weighted by molar-refractivity contribution is 0.694. The van der Waals surface area contributed by atoms with Crippen LogP contribution in [-0.4, -0.2) is 6.54 Å². The molecule has 2 heterocycles. The zero-order chi connectivity index (χ0) is 9.64. The fraction of sp³-hybridized carbons (Fsp3) is 0.273. The van der Waals surface area contributed by atoms with Gasteiger partial charge < -0.3 is 5.32 Å². The fourth-order valence-corrected chi connectivity index (χ4v) is 2.67. The van der Waals surface area contributed by atoms with Gasteiger partial charge in [-0.2, -0.15) is 11.3 Å². The topological polar surface area (TPSA) is 12.0 Å². The second-order valence-electron chi connectivity index (χ2n) is 3.14. The van der Waals surface area contributed by atoms with Crippen molar-refractivity contribution < 1.29 is 0 Å². The second kappa shape index (κ2) is 5.29. The average molecular weight is 223 g/mol. The van der Waals surface area contributed by atoms with E-state index in [-0.39, 0.29) is 0 Å². The van der Waals surface area contributed by atoms with Crippen LogP contribution in [0.3, 0.4) is 0 Å². The molecule has 0 aliphatic heterocycles. The molecule has 74 valence electrons. The maximum Gasteiger partial charge on any atom is 0.0299 e. The predicted octanol–water partition coefficient (Wildman–Crippen LogP) is 3.14. The molecule has 1 N–H and O–H groups in total. The standard InChI is InChI=1S/C11H13NS2/c1-2-11(14-6-1)8-12-5-3-10-4-7-13-9-10/h1-2,4,6-7,9,12H,3,5,8H2. The van der Waals surface area contributed by atoms with Gasteiger partial charge in [0.25, 0.3) is 0 Å². The molecule has 2 rings (SSSR count). The van der Waals surface area contributed by atoms with E-state index in [1.54, 1.807) is 11.3 Å². The van der Waals surface area contributed by atoms with E-state index in [0.29, 0.717) is 0 Å². The van der Waals surface area contributed by atoms with Crippen LogP contribution in [0.5, 0.6) is 0 Å². The van der Waals surface area contributed by atoms with Crippen LogP contribution in [0.1, 0.15) is 10.4 Å². The lowest BCUT2D eigenvalue weighted by atomic mass is 10.2. The molecule has 0 atom stereocenters. The van der Waals surface area contributed by atoms with E-state index in [4.69, 9.17) is 0 Å². The van der Waals surface area contributed by atoms with Gasteiger partial charge >= 0.3 is 0 Å². The zero-order valence-electron chi connectivity index (χ0n) is 7.90. The van der Waals surface area contributed by atoms with Crippen molar-refractivity contribution in [2.75, 3.05) is 6.54 Å². The Morgan fingerprint density at radius 2 is 2.21 bits per heavy atom. The van der Waals surface area contributed by atoms with Gasteiger partial charge in [0.1, 0.15) is 0 Å². The van der Waals surface area contributed by atoms with Gasteiger partial charge in [-0.25, -0.2) is 0 Å². The average Bonchev–Trinajstić information content (AvgIpc) is 2.86. The normalized spacial score (nSPS) is 10.6. The minimum atomic E-state index is 1.00. The first kappa shape index (κ1) is 9.90. The van der Waals surface area contributed by atoms with E-state index in [9.17, 15) is 0 Å². The maximum absolute atomic E-state index is 3.44. The van der Waals surface area contributed by atoms with Crippen molar-refractivity contribution >= 4 is 22.7 Å². The Labute approximate surface area is 92.4 Å². The highest BCUT2D eigenvalue weighted by Crippen LogP contribution is 2.08. The first-order valence-corrected chi connectivity index (χ1v) is 6.51. The molecule has 2 aromatic heterocycles. The highest BCUT2D eigenvalue weighted by atomic mass is 32.1. The summed E-state index contributed by atoms with van der Waals surface area (Å²) in [5.74, 6) is 0. The van der Waals surface area contributed by atoms with Crippen LogP contribution in [-0.2, 0) is 13.0 Å². The molecular weight excluding hydrogens is 210 g/mol. The minimum Gasteiger partial charge on any atom is -0.312 e. The van der Waals surface area contributed by atoms with Gasteiger partial charge in [0.2, 0.25) is 0 Å². The summed E-state index contributed by atoms with van der Waals surface area (Å²) in [5, 5.41) is 9.91. The summed E-state index contributed by atoms with van der Waals surface area (Å²) in [6.45, 7) is 2.07. The molecule has 0 bridgehead atoms. The smallest absolute Gasteiger partial charge is 0.0299 e. The van der Waals surface area contributed by atoms with Crippen LogP contribution in [0, 0.1) is 0 Å². The highest BCUT2D eigenvalue weighted by molar-refractivity contribution is 7.09. The van der Waals surface area contributed by atoms with Crippen LogP contribution in [0.4, 0.5) is 0 Å². The van der Waals surface area contributed by atoms with E-state index in [1.165, 1.54) is 10.4 Å². The van der Waals surface area contributed by atoms with Gasteiger partial charge in [-0.05, 0) is 46.8 Å². The van der Waals surface area contributed by atoms with E-state index < -0.39 is 0 Å². The zero-order valence-corrected chi connectivity index (χ0v) is 9.53. The van der Waals surface area contributed by atoms with Gasteiger partial charge in [0.05, 0.1) is 0 Å². The van der Waals surface area contributed by atoms with Gasteiger partial charge in [-0.3, -0.25) is 0 Å². The molecule has 0 spiro atoms. The molecule has 0 aliphatic rings. The Kier molecular flexibility index (Phi) is 3.74. The monoisotopic (exact) mass is 223 g/mol. The van der Waals surface area contributed by atoms with E-state index >= 15 is 0 Å². The van der Waals surface area contributed by atoms with E-state index in [2.05, 4.69) is 39.7 Å². The van der Waals surface area contributed by atoms with Gasteiger partial charge in [-0.1, -0.05) is 6.07 Å². The first-order valence-electron chi connectivity index (χ1n) is 4.69. The number of thiophene rings is 2. The van der Waals surface area contributed by atoms with Crippen molar-refractivity contribution in [3.05, 3.63) is 44.8 Å². The molecule has 1 nitrogen and oxygen atoms in total. The fourth-order valence-electron chi connectivity index (χ4n) is 1.29. The Morgan fingerprint density at radius 1 is 1.21 bits per heavy atom. The summed E-state index contributed by atoms with van der Waals surface area (Å²) in [7, 11) is 0. The second-order valence-corrected chi connectivity index (χ2v) is 4.95. The SMILES string of the molecule is c1csc(CNCCc2ccsc2)c1. The number of hydrogen-bond acceptors (Lipinski definition) is 3. The molecule has 0 aliphatic carbocycles. The lowest BCUT2D eigenvalue weighted by Crippen LogP contribution is -2.15. The minimum absolute atomic E-state index is 1.00. The van der Waals surface area contributed by atoms with E-state index in [1.807, 2.05) is 11.3 Å². The summed E-state index contributed by atoms with van der Waals surface area (Å²) in [5.41, 5.74) is 1.44. The Hall–Kier alpha value is -0.640. The van der Waals surface area contributed by atoms with Gasteiger partial charge in [0.15, 0.2) is 0 Å². The molecule has 0 aromatic carbocycles. The van der Waals surface area contributed by atoms with Crippen LogP contribution >= 0.6 is 22.7 Å². The first-order chi connectivity index (χ1) is 6.95. The number of nitrogens with one attached hydrogen (secondary N) is 1. The quantitative estimate of drug-likeness (QED) is 0.768. The van der Waals surface area contributed by atoms with Crippen molar-refractivity contribution in [2.24, 2.45) is 0 Å². The summed E-state index contributed by atoms with van der Waals surface area (Å²) >= 11 is 3.58. The molecule has 0 amide bonds. The summed E-state index contributed by atoms with van der Waals surface area (Å²) in [4.78, 5) is 1.41. The molecule has 0 saturated carbocycles. The predicted molar refractivity (Wildman–Crippen MR) is 64.0 cm³/mol. The summed E-state index contributed by atoms with van der Waals surface area (Å²) < 4.78 is 0. The Morgan fingerprint density at radius 3 is 2.93 bits per heavy atom. The van der Waals surface area contributed by atoms with Crippen LogP contribution in [0.2, 0.25) is 0 Å². The summed E-state index contributed by atoms with van der Waals surface area (Å²) in [6.07, 6.45) is 1.13. The summed E-state index contributed by atoms with van der Waals surface area (Å²) in [6, 6.07) is 6.46. The number of rotatable bonds is 5. The third-order valence-electron chi connectivity index (χ3n) is 2.05. The third kappa shape index (κ3) is 2.94. The van der Waals surface area contributed by atoms with Crippen LogP contribution in [0.15, 0.2) is 34.3 Å². The Balaban J connectivity index is 1.65. The van der Waals surface area contributed by atoms with Crippen molar-refractivity contribution in [2.45, 2.75) is 13.0 Å². The lowest BCUT2D eigenvalue weighted by Gasteiger charge is -2.01. The van der Waals surface area contributed by atoms with Gasteiger partial charge in [-0.15, -0.1) is 11.3 Å². The largest absolute Gasteiger partial charge is 0.312 e. The molecule has 0 radical (unpaired) electrons. The third-order valence-corrected chi connectivity index (χ3v) is 3.66. The number of hydrogen-bond donors (Lipinski definition) is 1. The molecule has 0 unspecified atom stereocenters. The molecule has 3 heteroatoms. The van der Waals surface area contributed by atoms with Crippen molar-refractivity contribution in [3.63, 3.8) is 0 Å². The molecule has 2 aromatic rings. The van der Waals surface area contributed by atoms with Crippen molar-refractivity contribution in [3.8, 4) is 0 Å². The molecule has 0 fully saturated rings. The van der Waals surface area contributed by atoms with Crippen LogP contribution in [0.25, 0.3) is 0 Å².